The lowest BCUT2D eigenvalue weighted by Gasteiger charge is -2.27. The lowest BCUT2D eigenvalue weighted by Crippen LogP contribution is -2.51. The van der Waals surface area contributed by atoms with Crippen molar-refractivity contribution >= 4 is 16.7 Å². The van der Waals surface area contributed by atoms with Crippen LogP contribution in [0.15, 0.2) is 0 Å². The standard InChI is InChI=1S/C10H22N2O2S/c1-7(6-15(5)14)12-9(13)8(11)10(2,3)4/h7-8H,6,11H2,1-5H3,(H,12,13)/t7?,8-,15?/m1/s1. The van der Waals surface area contributed by atoms with Gasteiger partial charge in [-0.25, -0.2) is 0 Å². The van der Waals surface area contributed by atoms with Crippen LogP contribution in [-0.2, 0) is 15.6 Å². The number of nitrogens with one attached hydrogen (secondary N) is 1. The van der Waals surface area contributed by atoms with E-state index < -0.39 is 16.8 Å². The fourth-order valence-corrected chi connectivity index (χ4v) is 1.91. The van der Waals surface area contributed by atoms with Gasteiger partial charge in [0.05, 0.1) is 6.04 Å². The van der Waals surface area contributed by atoms with E-state index in [9.17, 15) is 9.00 Å². The maximum atomic E-state index is 11.6. The summed E-state index contributed by atoms with van der Waals surface area (Å²) in [6, 6.07) is -0.637. The second-order valence-corrected chi connectivity index (χ2v) is 6.47. The van der Waals surface area contributed by atoms with E-state index in [4.69, 9.17) is 5.73 Å². The van der Waals surface area contributed by atoms with E-state index in [0.29, 0.717) is 5.75 Å². The Balaban J connectivity index is 4.19. The maximum Gasteiger partial charge on any atom is 0.237 e. The van der Waals surface area contributed by atoms with E-state index in [2.05, 4.69) is 5.32 Å². The topological polar surface area (TPSA) is 72.2 Å². The van der Waals surface area contributed by atoms with Crippen molar-refractivity contribution in [1.82, 2.24) is 5.32 Å². The Bertz CT molecular complexity index is 248. The molecule has 2 unspecified atom stereocenters. The smallest absolute Gasteiger partial charge is 0.237 e. The number of nitrogens with two attached hydrogens (primary N) is 1. The third-order valence-electron chi connectivity index (χ3n) is 2.09. The van der Waals surface area contributed by atoms with Crippen molar-refractivity contribution in [3.63, 3.8) is 0 Å². The minimum Gasteiger partial charge on any atom is -0.351 e. The van der Waals surface area contributed by atoms with Gasteiger partial charge in [-0.05, 0) is 12.3 Å². The van der Waals surface area contributed by atoms with Crippen molar-refractivity contribution in [2.75, 3.05) is 12.0 Å². The monoisotopic (exact) mass is 234 g/mol. The van der Waals surface area contributed by atoms with Gasteiger partial charge in [-0.1, -0.05) is 20.8 Å². The third kappa shape index (κ3) is 5.89. The molecule has 0 heterocycles. The Morgan fingerprint density at radius 2 is 1.93 bits per heavy atom. The molecule has 0 aliphatic heterocycles. The van der Waals surface area contributed by atoms with Crippen molar-refractivity contribution in [1.29, 1.82) is 0 Å². The first kappa shape index (κ1) is 14.6. The van der Waals surface area contributed by atoms with E-state index in [-0.39, 0.29) is 17.4 Å². The van der Waals surface area contributed by atoms with E-state index in [1.54, 1.807) is 6.26 Å². The summed E-state index contributed by atoms with van der Waals surface area (Å²) in [5.74, 6) is 0.281. The summed E-state index contributed by atoms with van der Waals surface area (Å²) in [6.45, 7) is 7.58. The summed E-state index contributed by atoms with van der Waals surface area (Å²) < 4.78 is 10.9. The van der Waals surface area contributed by atoms with Crippen molar-refractivity contribution in [3.05, 3.63) is 0 Å². The summed E-state index contributed by atoms with van der Waals surface area (Å²) in [5.41, 5.74) is 5.53. The van der Waals surface area contributed by atoms with Crippen LogP contribution < -0.4 is 11.1 Å². The van der Waals surface area contributed by atoms with Gasteiger partial charge in [-0.3, -0.25) is 9.00 Å². The zero-order chi connectivity index (χ0) is 12.2. The van der Waals surface area contributed by atoms with E-state index in [1.807, 2.05) is 27.7 Å². The van der Waals surface area contributed by atoms with Crippen LogP contribution in [0, 0.1) is 5.41 Å². The van der Waals surface area contributed by atoms with Crippen LogP contribution in [0.1, 0.15) is 27.7 Å². The number of amides is 1. The van der Waals surface area contributed by atoms with Crippen molar-refractivity contribution < 1.29 is 9.00 Å². The molecule has 15 heavy (non-hydrogen) atoms. The van der Waals surface area contributed by atoms with Gasteiger partial charge in [0.1, 0.15) is 0 Å². The van der Waals surface area contributed by atoms with E-state index >= 15 is 0 Å². The van der Waals surface area contributed by atoms with Crippen LogP contribution in [0.4, 0.5) is 0 Å². The molecule has 0 aromatic heterocycles. The van der Waals surface area contributed by atoms with Gasteiger partial charge in [0.2, 0.25) is 5.91 Å². The Labute approximate surface area is 94.4 Å². The molecule has 0 fully saturated rings. The van der Waals surface area contributed by atoms with E-state index in [1.165, 1.54) is 0 Å². The van der Waals surface area contributed by atoms with Gasteiger partial charge in [0.25, 0.3) is 0 Å². The van der Waals surface area contributed by atoms with Gasteiger partial charge in [-0.15, -0.1) is 0 Å². The molecule has 0 saturated carbocycles. The number of rotatable bonds is 4. The van der Waals surface area contributed by atoms with Crippen LogP contribution in [0.2, 0.25) is 0 Å². The van der Waals surface area contributed by atoms with Crippen LogP contribution in [0.3, 0.4) is 0 Å². The number of carbonyl (C=O) groups excluding carboxylic acids is 1. The van der Waals surface area contributed by atoms with Gasteiger partial charge in [0.15, 0.2) is 0 Å². The average Bonchev–Trinajstić information content (AvgIpc) is 1.99. The highest BCUT2D eigenvalue weighted by Gasteiger charge is 2.28. The molecular weight excluding hydrogens is 212 g/mol. The number of hydrogen-bond acceptors (Lipinski definition) is 3. The Hall–Kier alpha value is -0.420. The summed E-state index contributed by atoms with van der Waals surface area (Å²) in [7, 11) is -0.902. The summed E-state index contributed by atoms with van der Waals surface area (Å²) in [4.78, 5) is 11.6. The zero-order valence-electron chi connectivity index (χ0n) is 10.2. The van der Waals surface area contributed by atoms with Gasteiger partial charge in [0, 0.05) is 28.9 Å². The molecule has 0 aliphatic carbocycles. The second-order valence-electron chi connectivity index (χ2n) is 4.99. The van der Waals surface area contributed by atoms with Gasteiger partial charge >= 0.3 is 0 Å². The van der Waals surface area contributed by atoms with Crippen LogP contribution in [0.25, 0.3) is 0 Å². The number of carbonyl (C=O) groups is 1. The highest BCUT2D eigenvalue weighted by atomic mass is 32.2. The minimum absolute atomic E-state index is 0.100. The molecule has 0 spiro atoms. The lowest BCUT2D eigenvalue weighted by atomic mass is 9.87. The molecule has 5 heteroatoms. The summed E-state index contributed by atoms with van der Waals surface area (Å²) >= 11 is 0. The van der Waals surface area contributed by atoms with Crippen LogP contribution >= 0.6 is 0 Å². The molecule has 0 bridgehead atoms. The Morgan fingerprint density at radius 3 is 2.27 bits per heavy atom. The van der Waals surface area contributed by atoms with Gasteiger partial charge in [-0.2, -0.15) is 0 Å². The van der Waals surface area contributed by atoms with Gasteiger partial charge < -0.3 is 11.1 Å². The molecule has 3 atom stereocenters. The second kappa shape index (κ2) is 5.61. The molecule has 4 nitrogen and oxygen atoms in total. The van der Waals surface area contributed by atoms with Crippen molar-refractivity contribution in [2.24, 2.45) is 11.1 Å². The van der Waals surface area contributed by atoms with Crippen LogP contribution in [-0.4, -0.2) is 34.2 Å². The number of hydrogen-bond donors (Lipinski definition) is 2. The molecule has 0 aliphatic rings. The predicted octanol–water partition coefficient (Wildman–Crippen LogP) is 0.243. The van der Waals surface area contributed by atoms with Crippen LogP contribution in [0.5, 0.6) is 0 Å². The Morgan fingerprint density at radius 1 is 1.47 bits per heavy atom. The average molecular weight is 234 g/mol. The molecule has 3 N–H and O–H groups in total. The highest BCUT2D eigenvalue weighted by Crippen LogP contribution is 2.17. The SMILES string of the molecule is CC(CS(C)=O)NC(=O)[C@@H](N)C(C)(C)C. The fraction of sp³-hybridized carbons (Fsp3) is 0.900. The maximum absolute atomic E-state index is 11.6. The summed E-state index contributed by atoms with van der Waals surface area (Å²) in [6.07, 6.45) is 1.62. The molecule has 0 aromatic carbocycles. The molecule has 1 amide bonds. The zero-order valence-corrected chi connectivity index (χ0v) is 11.0. The fourth-order valence-electron chi connectivity index (χ4n) is 1.12. The predicted molar refractivity (Wildman–Crippen MR) is 64.0 cm³/mol. The quantitative estimate of drug-likeness (QED) is 0.732. The molecular formula is C10H22N2O2S. The highest BCUT2D eigenvalue weighted by molar-refractivity contribution is 7.84. The van der Waals surface area contributed by atoms with Crippen molar-refractivity contribution in [2.45, 2.75) is 39.8 Å². The first-order chi connectivity index (χ1) is 6.64. The molecule has 0 saturated heterocycles. The molecule has 0 radical (unpaired) electrons. The Kier molecular flexibility index (Phi) is 5.45. The largest absolute Gasteiger partial charge is 0.351 e. The molecule has 0 rings (SSSR count). The third-order valence-corrected chi connectivity index (χ3v) is 3.06. The van der Waals surface area contributed by atoms with E-state index in [0.717, 1.165) is 0 Å². The van der Waals surface area contributed by atoms with Crippen molar-refractivity contribution in [3.8, 4) is 0 Å². The molecule has 90 valence electrons. The summed E-state index contributed by atoms with van der Waals surface area (Å²) in [5, 5.41) is 2.76. The first-order valence-electron chi connectivity index (χ1n) is 5.00. The minimum atomic E-state index is -0.902. The first-order valence-corrected chi connectivity index (χ1v) is 6.73. The lowest BCUT2D eigenvalue weighted by molar-refractivity contribution is -0.124. The molecule has 0 aromatic rings. The normalized spacial score (nSPS) is 18.0.